The van der Waals surface area contributed by atoms with Crippen molar-refractivity contribution in [3.8, 4) is 0 Å². The lowest BCUT2D eigenvalue weighted by Crippen LogP contribution is -2.48. The van der Waals surface area contributed by atoms with Gasteiger partial charge in [0.05, 0.1) is 6.54 Å². The maximum absolute atomic E-state index is 12.1. The number of likely N-dealkylation sites (tertiary alicyclic amines) is 1. The van der Waals surface area contributed by atoms with Crippen molar-refractivity contribution >= 4 is 11.9 Å². The van der Waals surface area contributed by atoms with E-state index in [0.717, 1.165) is 51.3 Å². The van der Waals surface area contributed by atoms with Gasteiger partial charge in [0.2, 0.25) is 5.91 Å². The Kier molecular flexibility index (Phi) is 9.82. The molecule has 150 valence electrons. The molecule has 1 aliphatic heterocycles. The number of nitrogens with one attached hydrogen (secondary N) is 3. The number of hydrogen-bond donors (Lipinski definition) is 3. The smallest absolute Gasteiger partial charge is 0.222 e. The summed E-state index contributed by atoms with van der Waals surface area (Å²) in [5, 5.41) is 10.0. The topological polar surface area (TPSA) is 68.8 Å². The van der Waals surface area contributed by atoms with Gasteiger partial charge in [0.25, 0.3) is 0 Å². The van der Waals surface area contributed by atoms with E-state index in [2.05, 4.69) is 39.7 Å². The molecular weight excluding hydrogens is 326 g/mol. The van der Waals surface area contributed by atoms with Gasteiger partial charge in [-0.05, 0) is 45.6 Å². The first kappa shape index (κ1) is 21.0. The normalized spacial score (nSPS) is 20.8. The SMILES string of the molecule is CCCN1CCC(NC(=NCCC(=O)NC2CCCCC2)NCC)CC1. The van der Waals surface area contributed by atoms with Crippen molar-refractivity contribution in [2.24, 2.45) is 4.99 Å². The van der Waals surface area contributed by atoms with E-state index in [1.54, 1.807) is 0 Å². The Morgan fingerprint density at radius 3 is 2.35 bits per heavy atom. The zero-order valence-electron chi connectivity index (χ0n) is 16.9. The van der Waals surface area contributed by atoms with Gasteiger partial charge in [-0.25, -0.2) is 0 Å². The molecule has 0 aromatic carbocycles. The van der Waals surface area contributed by atoms with E-state index in [1.165, 1.54) is 32.2 Å². The summed E-state index contributed by atoms with van der Waals surface area (Å²) in [5.41, 5.74) is 0. The predicted octanol–water partition coefficient (Wildman–Crippen LogP) is 2.25. The molecule has 2 fully saturated rings. The van der Waals surface area contributed by atoms with Crippen LogP contribution in [0.1, 0.15) is 71.6 Å². The molecule has 0 spiro atoms. The monoisotopic (exact) mass is 365 g/mol. The molecule has 1 aliphatic carbocycles. The minimum absolute atomic E-state index is 0.143. The van der Waals surface area contributed by atoms with Crippen LogP contribution in [0.2, 0.25) is 0 Å². The van der Waals surface area contributed by atoms with Crippen LogP contribution in [-0.2, 0) is 4.79 Å². The highest BCUT2D eigenvalue weighted by atomic mass is 16.1. The van der Waals surface area contributed by atoms with Crippen molar-refractivity contribution in [2.45, 2.75) is 83.7 Å². The summed E-state index contributed by atoms with van der Waals surface area (Å²) in [6.07, 6.45) is 10.1. The molecule has 3 N–H and O–H groups in total. The molecule has 6 nitrogen and oxygen atoms in total. The number of nitrogens with zero attached hydrogens (tertiary/aromatic N) is 2. The molecular formula is C20H39N5O. The first-order chi connectivity index (χ1) is 12.7. The Morgan fingerprint density at radius 2 is 1.69 bits per heavy atom. The lowest BCUT2D eigenvalue weighted by molar-refractivity contribution is -0.121. The number of aliphatic imine (C=N–C) groups is 1. The maximum atomic E-state index is 12.1. The van der Waals surface area contributed by atoms with Crippen LogP contribution in [-0.4, -0.2) is 61.6 Å². The van der Waals surface area contributed by atoms with Gasteiger partial charge in [0, 0.05) is 38.1 Å². The Labute approximate surface area is 159 Å². The summed E-state index contributed by atoms with van der Waals surface area (Å²) in [6, 6.07) is 0.872. The van der Waals surface area contributed by atoms with Crippen molar-refractivity contribution in [3.63, 3.8) is 0 Å². The summed E-state index contributed by atoms with van der Waals surface area (Å²) in [6.45, 7) is 9.24. The molecule has 6 heteroatoms. The fourth-order valence-electron chi connectivity index (χ4n) is 3.95. The summed E-state index contributed by atoms with van der Waals surface area (Å²) < 4.78 is 0. The number of carbonyl (C=O) groups excluding carboxylic acids is 1. The standard InChI is InChI=1S/C20H39N5O/c1-3-14-25-15-11-18(12-16-25)24-20(21-4-2)22-13-10-19(26)23-17-8-6-5-7-9-17/h17-18H,3-16H2,1-2H3,(H,23,26)(H2,21,22,24). The van der Waals surface area contributed by atoms with Crippen molar-refractivity contribution in [1.29, 1.82) is 0 Å². The molecule has 0 aromatic heterocycles. The third-order valence-electron chi connectivity index (χ3n) is 5.39. The van der Waals surface area contributed by atoms with Crippen LogP contribution < -0.4 is 16.0 Å². The number of rotatable bonds is 8. The number of carbonyl (C=O) groups is 1. The van der Waals surface area contributed by atoms with Gasteiger partial charge < -0.3 is 20.9 Å². The average molecular weight is 366 g/mol. The van der Waals surface area contributed by atoms with E-state index in [9.17, 15) is 4.79 Å². The van der Waals surface area contributed by atoms with Crippen LogP contribution >= 0.6 is 0 Å². The second-order valence-corrected chi connectivity index (χ2v) is 7.67. The van der Waals surface area contributed by atoms with Crippen LogP contribution in [0.5, 0.6) is 0 Å². The van der Waals surface area contributed by atoms with Gasteiger partial charge in [0.1, 0.15) is 0 Å². The van der Waals surface area contributed by atoms with Crippen molar-refractivity contribution in [2.75, 3.05) is 32.7 Å². The number of amides is 1. The Bertz CT molecular complexity index is 426. The predicted molar refractivity (Wildman–Crippen MR) is 109 cm³/mol. The van der Waals surface area contributed by atoms with E-state index < -0.39 is 0 Å². The first-order valence-corrected chi connectivity index (χ1v) is 10.8. The van der Waals surface area contributed by atoms with E-state index in [4.69, 9.17) is 0 Å². The maximum Gasteiger partial charge on any atom is 0.222 e. The molecule has 2 aliphatic rings. The molecule has 0 atom stereocenters. The van der Waals surface area contributed by atoms with Crippen molar-refractivity contribution in [1.82, 2.24) is 20.9 Å². The van der Waals surface area contributed by atoms with E-state index in [-0.39, 0.29) is 5.91 Å². The molecule has 0 aromatic rings. The molecule has 0 unspecified atom stereocenters. The fraction of sp³-hybridized carbons (Fsp3) is 0.900. The average Bonchev–Trinajstić information content (AvgIpc) is 2.64. The molecule has 26 heavy (non-hydrogen) atoms. The van der Waals surface area contributed by atoms with Crippen LogP contribution in [0.3, 0.4) is 0 Å². The number of hydrogen-bond acceptors (Lipinski definition) is 3. The molecule has 1 saturated heterocycles. The highest BCUT2D eigenvalue weighted by molar-refractivity contribution is 5.81. The van der Waals surface area contributed by atoms with E-state index >= 15 is 0 Å². The second kappa shape index (κ2) is 12.2. The van der Waals surface area contributed by atoms with Crippen LogP contribution in [0, 0.1) is 0 Å². The second-order valence-electron chi connectivity index (χ2n) is 7.67. The summed E-state index contributed by atoms with van der Waals surface area (Å²) >= 11 is 0. The number of guanidine groups is 1. The van der Waals surface area contributed by atoms with Crippen LogP contribution in [0.15, 0.2) is 4.99 Å². The van der Waals surface area contributed by atoms with Crippen LogP contribution in [0.4, 0.5) is 0 Å². The highest BCUT2D eigenvalue weighted by Crippen LogP contribution is 2.17. The van der Waals surface area contributed by atoms with E-state index in [1.807, 2.05) is 0 Å². The molecule has 1 heterocycles. The van der Waals surface area contributed by atoms with Crippen molar-refractivity contribution < 1.29 is 4.79 Å². The summed E-state index contributed by atoms with van der Waals surface area (Å²) in [7, 11) is 0. The van der Waals surface area contributed by atoms with Crippen molar-refractivity contribution in [3.05, 3.63) is 0 Å². The van der Waals surface area contributed by atoms with Gasteiger partial charge in [0.15, 0.2) is 5.96 Å². The Morgan fingerprint density at radius 1 is 1.00 bits per heavy atom. The van der Waals surface area contributed by atoms with Gasteiger partial charge in [-0.3, -0.25) is 9.79 Å². The summed E-state index contributed by atoms with van der Waals surface area (Å²) in [5.74, 6) is 0.997. The molecule has 1 saturated carbocycles. The zero-order valence-corrected chi connectivity index (χ0v) is 16.9. The van der Waals surface area contributed by atoms with Gasteiger partial charge in [-0.1, -0.05) is 26.2 Å². The largest absolute Gasteiger partial charge is 0.357 e. The van der Waals surface area contributed by atoms with Crippen LogP contribution in [0.25, 0.3) is 0 Å². The zero-order chi connectivity index (χ0) is 18.6. The summed E-state index contributed by atoms with van der Waals surface area (Å²) in [4.78, 5) is 19.3. The Balaban J connectivity index is 1.69. The highest BCUT2D eigenvalue weighted by Gasteiger charge is 2.19. The Hall–Kier alpha value is -1.30. The molecule has 0 radical (unpaired) electrons. The van der Waals surface area contributed by atoms with E-state index in [0.29, 0.717) is 25.0 Å². The minimum Gasteiger partial charge on any atom is -0.357 e. The molecule has 2 rings (SSSR count). The third-order valence-corrected chi connectivity index (χ3v) is 5.39. The molecule has 0 bridgehead atoms. The van der Waals surface area contributed by atoms with Gasteiger partial charge in [-0.2, -0.15) is 0 Å². The number of piperidine rings is 1. The van der Waals surface area contributed by atoms with Gasteiger partial charge in [-0.15, -0.1) is 0 Å². The molecule has 1 amide bonds. The minimum atomic E-state index is 0.143. The lowest BCUT2D eigenvalue weighted by atomic mass is 9.95. The lowest BCUT2D eigenvalue weighted by Gasteiger charge is -2.32. The fourth-order valence-corrected chi connectivity index (χ4v) is 3.95. The van der Waals surface area contributed by atoms with Gasteiger partial charge >= 0.3 is 0 Å². The third kappa shape index (κ3) is 7.94. The first-order valence-electron chi connectivity index (χ1n) is 10.8. The quantitative estimate of drug-likeness (QED) is 0.456.